The standard InChI is InChI=1S/C18H27ClN2O3/c1-21(13-18(14-22)8-11-24-12-9-18)17(23)20-10-2-3-15-4-6-16(19)7-5-15/h4-7,22H,2-3,8-14H2,1H3,(H,20,23). The van der Waals surface area contributed by atoms with Gasteiger partial charge in [0.1, 0.15) is 0 Å². The van der Waals surface area contributed by atoms with E-state index in [1.54, 1.807) is 11.9 Å². The number of nitrogens with one attached hydrogen (secondary N) is 1. The molecule has 1 aliphatic heterocycles. The first-order valence-corrected chi connectivity index (χ1v) is 8.84. The third kappa shape index (κ3) is 5.65. The summed E-state index contributed by atoms with van der Waals surface area (Å²) >= 11 is 5.86. The zero-order valence-corrected chi connectivity index (χ0v) is 15.0. The number of benzene rings is 1. The van der Waals surface area contributed by atoms with E-state index in [9.17, 15) is 9.90 Å². The Bertz CT molecular complexity index is 516. The molecular formula is C18H27ClN2O3. The van der Waals surface area contributed by atoms with Crippen molar-refractivity contribution in [3.8, 4) is 0 Å². The third-order valence-corrected chi connectivity index (χ3v) is 4.89. The summed E-state index contributed by atoms with van der Waals surface area (Å²) < 4.78 is 5.36. The van der Waals surface area contributed by atoms with Crippen molar-refractivity contribution in [3.63, 3.8) is 0 Å². The highest BCUT2D eigenvalue weighted by Gasteiger charge is 2.34. The smallest absolute Gasteiger partial charge is 0.317 e. The molecule has 0 atom stereocenters. The van der Waals surface area contributed by atoms with Crippen LogP contribution in [0.2, 0.25) is 5.02 Å². The Labute approximate surface area is 148 Å². The van der Waals surface area contributed by atoms with Gasteiger partial charge in [0.05, 0.1) is 6.61 Å². The molecule has 0 aromatic heterocycles. The molecule has 1 heterocycles. The van der Waals surface area contributed by atoms with Gasteiger partial charge in [-0.25, -0.2) is 4.79 Å². The second kappa shape index (κ2) is 9.25. The molecule has 134 valence electrons. The predicted molar refractivity (Wildman–Crippen MR) is 95.4 cm³/mol. The number of carbonyl (C=O) groups excluding carboxylic acids is 1. The molecule has 1 aromatic rings. The number of nitrogens with zero attached hydrogens (tertiary/aromatic N) is 1. The van der Waals surface area contributed by atoms with Crippen molar-refractivity contribution in [2.45, 2.75) is 25.7 Å². The van der Waals surface area contributed by atoms with E-state index in [2.05, 4.69) is 5.32 Å². The number of aliphatic hydroxyl groups is 1. The van der Waals surface area contributed by atoms with Gasteiger partial charge in [0.15, 0.2) is 0 Å². The summed E-state index contributed by atoms with van der Waals surface area (Å²) in [4.78, 5) is 13.9. The molecule has 2 amide bonds. The minimum absolute atomic E-state index is 0.0878. The van der Waals surface area contributed by atoms with Crippen LogP contribution in [0.5, 0.6) is 0 Å². The summed E-state index contributed by atoms with van der Waals surface area (Å²) in [6.45, 7) is 2.57. The summed E-state index contributed by atoms with van der Waals surface area (Å²) in [5, 5.41) is 13.4. The van der Waals surface area contributed by atoms with Gasteiger partial charge in [0.2, 0.25) is 0 Å². The van der Waals surface area contributed by atoms with Crippen molar-refractivity contribution >= 4 is 17.6 Å². The molecule has 1 aliphatic rings. The van der Waals surface area contributed by atoms with E-state index in [4.69, 9.17) is 16.3 Å². The number of ether oxygens (including phenoxy) is 1. The first kappa shape index (κ1) is 19.0. The normalized spacial score (nSPS) is 16.6. The Hall–Kier alpha value is -1.30. The zero-order valence-electron chi connectivity index (χ0n) is 14.3. The van der Waals surface area contributed by atoms with Crippen LogP contribution in [-0.4, -0.2) is 56.0 Å². The van der Waals surface area contributed by atoms with E-state index >= 15 is 0 Å². The summed E-state index contributed by atoms with van der Waals surface area (Å²) in [7, 11) is 1.78. The van der Waals surface area contributed by atoms with Crippen LogP contribution in [0.1, 0.15) is 24.8 Å². The molecule has 24 heavy (non-hydrogen) atoms. The average molecular weight is 355 g/mol. The third-order valence-electron chi connectivity index (χ3n) is 4.64. The van der Waals surface area contributed by atoms with E-state index in [1.165, 1.54) is 5.56 Å². The fourth-order valence-corrected chi connectivity index (χ4v) is 3.15. The van der Waals surface area contributed by atoms with Gasteiger partial charge in [-0.15, -0.1) is 0 Å². The zero-order chi connectivity index (χ0) is 17.4. The van der Waals surface area contributed by atoms with Crippen molar-refractivity contribution in [1.29, 1.82) is 0 Å². The van der Waals surface area contributed by atoms with Crippen LogP contribution in [0.25, 0.3) is 0 Å². The fourth-order valence-electron chi connectivity index (χ4n) is 3.02. The average Bonchev–Trinajstić information content (AvgIpc) is 2.60. The number of urea groups is 1. The van der Waals surface area contributed by atoms with Crippen LogP contribution in [0.3, 0.4) is 0 Å². The van der Waals surface area contributed by atoms with Gasteiger partial charge in [-0.2, -0.15) is 0 Å². The molecule has 0 unspecified atom stereocenters. The van der Waals surface area contributed by atoms with Crippen LogP contribution in [-0.2, 0) is 11.2 Å². The molecule has 0 radical (unpaired) electrons. The largest absolute Gasteiger partial charge is 0.396 e. The maximum Gasteiger partial charge on any atom is 0.317 e. The number of hydrogen-bond acceptors (Lipinski definition) is 3. The molecule has 0 bridgehead atoms. The highest BCUT2D eigenvalue weighted by Crippen LogP contribution is 2.30. The number of halogens is 1. The summed E-state index contributed by atoms with van der Waals surface area (Å²) in [5.74, 6) is 0. The Kier molecular flexibility index (Phi) is 7.34. The quantitative estimate of drug-likeness (QED) is 0.740. The van der Waals surface area contributed by atoms with Gasteiger partial charge in [-0.05, 0) is 43.4 Å². The minimum Gasteiger partial charge on any atom is -0.396 e. The van der Waals surface area contributed by atoms with Crippen LogP contribution in [0, 0.1) is 5.41 Å². The van der Waals surface area contributed by atoms with Gasteiger partial charge in [0, 0.05) is 43.8 Å². The molecule has 0 spiro atoms. The fraction of sp³-hybridized carbons (Fsp3) is 0.611. The molecule has 0 aliphatic carbocycles. The van der Waals surface area contributed by atoms with Gasteiger partial charge >= 0.3 is 6.03 Å². The van der Waals surface area contributed by atoms with E-state index in [1.807, 2.05) is 24.3 Å². The second-order valence-corrected chi connectivity index (χ2v) is 7.02. The summed E-state index contributed by atoms with van der Waals surface area (Å²) in [6, 6.07) is 7.68. The van der Waals surface area contributed by atoms with Gasteiger partial charge in [-0.3, -0.25) is 0 Å². The molecule has 1 aromatic carbocycles. The molecular weight excluding hydrogens is 328 g/mol. The number of carbonyl (C=O) groups is 1. The van der Waals surface area contributed by atoms with Crippen molar-refractivity contribution in [3.05, 3.63) is 34.9 Å². The number of aliphatic hydroxyl groups excluding tert-OH is 1. The lowest BCUT2D eigenvalue weighted by Crippen LogP contribution is -2.47. The topological polar surface area (TPSA) is 61.8 Å². The van der Waals surface area contributed by atoms with Gasteiger partial charge < -0.3 is 20.1 Å². The SMILES string of the molecule is CN(CC1(CO)CCOCC1)C(=O)NCCCc1ccc(Cl)cc1. The highest BCUT2D eigenvalue weighted by atomic mass is 35.5. The number of rotatable bonds is 7. The minimum atomic E-state index is -0.229. The van der Waals surface area contributed by atoms with E-state index in [0.29, 0.717) is 26.3 Å². The Morgan fingerprint density at radius 1 is 1.33 bits per heavy atom. The van der Waals surface area contributed by atoms with Crippen molar-refractivity contribution < 1.29 is 14.6 Å². The van der Waals surface area contributed by atoms with Crippen molar-refractivity contribution in [2.75, 3.05) is 40.0 Å². The Morgan fingerprint density at radius 2 is 2.00 bits per heavy atom. The van der Waals surface area contributed by atoms with Gasteiger partial charge in [-0.1, -0.05) is 23.7 Å². The van der Waals surface area contributed by atoms with Crippen LogP contribution < -0.4 is 5.32 Å². The lowest BCUT2D eigenvalue weighted by Gasteiger charge is -2.38. The Balaban J connectivity index is 1.70. The number of hydrogen-bond donors (Lipinski definition) is 2. The highest BCUT2D eigenvalue weighted by molar-refractivity contribution is 6.30. The van der Waals surface area contributed by atoms with E-state index < -0.39 is 0 Å². The van der Waals surface area contributed by atoms with Crippen LogP contribution in [0.4, 0.5) is 4.79 Å². The predicted octanol–water partition coefficient (Wildman–Crippen LogP) is 2.70. The van der Waals surface area contributed by atoms with Crippen LogP contribution >= 0.6 is 11.6 Å². The van der Waals surface area contributed by atoms with E-state index in [0.717, 1.165) is 30.7 Å². The maximum atomic E-state index is 12.2. The lowest BCUT2D eigenvalue weighted by atomic mass is 9.80. The summed E-state index contributed by atoms with van der Waals surface area (Å²) in [5.41, 5.74) is 0.983. The first-order chi connectivity index (χ1) is 11.5. The van der Waals surface area contributed by atoms with Crippen molar-refractivity contribution in [2.24, 2.45) is 5.41 Å². The lowest BCUT2D eigenvalue weighted by molar-refractivity contribution is -0.0260. The van der Waals surface area contributed by atoms with Gasteiger partial charge in [0.25, 0.3) is 0 Å². The molecule has 2 rings (SSSR count). The monoisotopic (exact) mass is 354 g/mol. The van der Waals surface area contributed by atoms with Crippen LogP contribution in [0.15, 0.2) is 24.3 Å². The molecule has 6 heteroatoms. The number of aryl methyl sites for hydroxylation is 1. The second-order valence-electron chi connectivity index (χ2n) is 6.59. The van der Waals surface area contributed by atoms with Crippen molar-refractivity contribution in [1.82, 2.24) is 10.2 Å². The molecule has 0 saturated carbocycles. The molecule has 1 fully saturated rings. The maximum absolute atomic E-state index is 12.2. The number of amides is 2. The summed E-state index contributed by atoms with van der Waals surface area (Å²) in [6.07, 6.45) is 3.36. The van der Waals surface area contributed by atoms with E-state index in [-0.39, 0.29) is 18.1 Å². The molecule has 2 N–H and O–H groups in total. The first-order valence-electron chi connectivity index (χ1n) is 8.47. The Morgan fingerprint density at radius 3 is 2.62 bits per heavy atom. The molecule has 1 saturated heterocycles. The molecule has 5 nitrogen and oxygen atoms in total.